The van der Waals surface area contributed by atoms with E-state index in [1.165, 1.54) is 24.0 Å². The predicted octanol–water partition coefficient (Wildman–Crippen LogP) is 3.45. The van der Waals surface area contributed by atoms with Gasteiger partial charge in [0.15, 0.2) is 0 Å². The van der Waals surface area contributed by atoms with E-state index in [0.29, 0.717) is 0 Å². The summed E-state index contributed by atoms with van der Waals surface area (Å²) in [5.41, 5.74) is 1.80. The number of hydrogen-bond acceptors (Lipinski definition) is 1. The van der Waals surface area contributed by atoms with E-state index in [0.717, 1.165) is 6.42 Å². The van der Waals surface area contributed by atoms with Crippen molar-refractivity contribution in [2.45, 2.75) is 52.6 Å². The molecule has 1 aliphatic carbocycles. The summed E-state index contributed by atoms with van der Waals surface area (Å²) in [5, 5.41) is 9.76. The monoisotopic (exact) mass is 218 g/mol. The summed E-state index contributed by atoms with van der Waals surface area (Å²) in [7, 11) is 0. The molecule has 0 aliphatic heterocycles. The van der Waals surface area contributed by atoms with Crippen LogP contribution in [0.15, 0.2) is 23.3 Å². The molecular weight excluding hydrogens is 196 g/mol. The van der Waals surface area contributed by atoms with Gasteiger partial charge in [-0.3, -0.25) is 0 Å². The van der Waals surface area contributed by atoms with Gasteiger partial charge in [0.05, 0.1) is 0 Å². The molecule has 0 saturated heterocycles. The second kappa shape index (κ2) is 4.47. The first kappa shape index (κ1) is 13.1. The third-order valence-electron chi connectivity index (χ3n) is 3.41. The van der Waals surface area contributed by atoms with Gasteiger partial charge in [0.25, 0.3) is 0 Å². The molecule has 1 heteroatoms. The third-order valence-corrected chi connectivity index (χ3v) is 3.41. The zero-order valence-electron chi connectivity index (χ0n) is 10.8. The van der Waals surface area contributed by atoms with Gasteiger partial charge in [-0.25, -0.2) is 0 Å². The van der Waals surface area contributed by atoms with Crippen molar-refractivity contribution < 1.29 is 5.11 Å². The van der Waals surface area contributed by atoms with Crippen LogP contribution in [0.1, 0.15) is 47.0 Å². The molecule has 0 aromatic carbocycles. The molecule has 16 heavy (non-hydrogen) atoms. The van der Waals surface area contributed by atoms with Crippen LogP contribution in [0, 0.1) is 17.8 Å². The van der Waals surface area contributed by atoms with E-state index in [1.54, 1.807) is 13.0 Å². The zero-order valence-corrected chi connectivity index (χ0v) is 10.8. The lowest BCUT2D eigenvalue weighted by Gasteiger charge is -2.33. The molecule has 1 unspecified atom stereocenters. The summed E-state index contributed by atoms with van der Waals surface area (Å²) < 4.78 is 0. The standard InChI is InChI=1S/C15H22O/c1-6-15(5,16)11-9-13-12(2)8-7-10-14(13,3)4/h1,9,11,16H,7-8,10H2,2-5H3/b11-9-. The second-order valence-electron chi connectivity index (χ2n) is 5.56. The minimum atomic E-state index is -1.14. The lowest BCUT2D eigenvalue weighted by molar-refractivity contribution is 0.174. The zero-order chi connectivity index (χ0) is 12.4. The van der Waals surface area contributed by atoms with Crippen molar-refractivity contribution in [3.8, 4) is 12.3 Å². The van der Waals surface area contributed by atoms with Gasteiger partial charge in [-0.1, -0.05) is 31.4 Å². The Hall–Kier alpha value is -1.00. The SMILES string of the molecule is C#CC(C)(O)/C=C\C1=C(C)CCCC1(C)C. The fourth-order valence-electron chi connectivity index (χ4n) is 2.30. The van der Waals surface area contributed by atoms with Crippen molar-refractivity contribution in [1.82, 2.24) is 0 Å². The summed E-state index contributed by atoms with van der Waals surface area (Å²) in [4.78, 5) is 0. The van der Waals surface area contributed by atoms with Crippen LogP contribution in [0.5, 0.6) is 0 Å². The highest BCUT2D eigenvalue weighted by molar-refractivity contribution is 5.35. The Morgan fingerprint density at radius 3 is 2.62 bits per heavy atom. The number of aliphatic hydroxyl groups is 1. The first-order chi connectivity index (χ1) is 7.28. The van der Waals surface area contributed by atoms with E-state index in [4.69, 9.17) is 6.42 Å². The fourth-order valence-corrected chi connectivity index (χ4v) is 2.30. The Morgan fingerprint density at radius 2 is 2.12 bits per heavy atom. The van der Waals surface area contributed by atoms with Crippen LogP contribution in [0.2, 0.25) is 0 Å². The molecule has 0 spiro atoms. The minimum absolute atomic E-state index is 0.198. The van der Waals surface area contributed by atoms with Crippen LogP contribution in [-0.4, -0.2) is 10.7 Å². The van der Waals surface area contributed by atoms with Crippen LogP contribution in [0.25, 0.3) is 0 Å². The molecule has 0 fully saturated rings. The first-order valence-corrected chi connectivity index (χ1v) is 5.88. The smallest absolute Gasteiger partial charge is 0.141 e. The minimum Gasteiger partial charge on any atom is -0.374 e. The lowest BCUT2D eigenvalue weighted by atomic mass is 9.72. The average molecular weight is 218 g/mol. The second-order valence-corrected chi connectivity index (χ2v) is 5.56. The van der Waals surface area contributed by atoms with Gasteiger partial charge in [-0.05, 0) is 50.2 Å². The Bertz CT molecular complexity index is 361. The van der Waals surface area contributed by atoms with E-state index in [-0.39, 0.29) is 5.41 Å². The Balaban J connectivity index is 3.00. The first-order valence-electron chi connectivity index (χ1n) is 5.88. The molecule has 0 aromatic heterocycles. The van der Waals surface area contributed by atoms with E-state index in [2.05, 4.69) is 26.7 Å². The number of hydrogen-bond donors (Lipinski definition) is 1. The predicted molar refractivity (Wildman–Crippen MR) is 68.9 cm³/mol. The van der Waals surface area contributed by atoms with E-state index in [9.17, 15) is 5.11 Å². The van der Waals surface area contributed by atoms with E-state index >= 15 is 0 Å². The summed E-state index contributed by atoms with van der Waals surface area (Å²) >= 11 is 0. The molecule has 0 heterocycles. The topological polar surface area (TPSA) is 20.2 Å². The quantitative estimate of drug-likeness (QED) is 0.704. The number of allylic oxidation sites excluding steroid dienone is 3. The summed E-state index contributed by atoms with van der Waals surface area (Å²) in [6, 6.07) is 0. The molecule has 0 radical (unpaired) electrons. The van der Waals surface area contributed by atoms with Crippen molar-refractivity contribution in [3.63, 3.8) is 0 Å². The highest BCUT2D eigenvalue weighted by Gasteiger charge is 2.27. The van der Waals surface area contributed by atoms with Crippen LogP contribution in [0.3, 0.4) is 0 Å². The molecule has 1 N–H and O–H groups in total. The van der Waals surface area contributed by atoms with Gasteiger partial charge in [0, 0.05) is 0 Å². The van der Waals surface area contributed by atoms with Crippen LogP contribution >= 0.6 is 0 Å². The van der Waals surface area contributed by atoms with Gasteiger partial charge in [-0.15, -0.1) is 6.42 Å². The van der Waals surface area contributed by atoms with Crippen molar-refractivity contribution in [1.29, 1.82) is 0 Å². The molecule has 0 aromatic rings. The van der Waals surface area contributed by atoms with Crippen molar-refractivity contribution in [2.24, 2.45) is 5.41 Å². The maximum Gasteiger partial charge on any atom is 0.141 e. The molecule has 1 aliphatic rings. The largest absolute Gasteiger partial charge is 0.374 e. The lowest BCUT2D eigenvalue weighted by Crippen LogP contribution is -2.21. The van der Waals surface area contributed by atoms with E-state index in [1.807, 2.05) is 6.08 Å². The summed E-state index contributed by atoms with van der Waals surface area (Å²) in [5.74, 6) is 2.37. The van der Waals surface area contributed by atoms with Crippen LogP contribution in [0.4, 0.5) is 0 Å². The fraction of sp³-hybridized carbons (Fsp3) is 0.600. The Labute approximate surface area is 99.3 Å². The molecule has 0 saturated carbocycles. The molecule has 0 amide bonds. The highest BCUT2D eigenvalue weighted by Crippen LogP contribution is 2.40. The van der Waals surface area contributed by atoms with Crippen molar-refractivity contribution in [3.05, 3.63) is 23.3 Å². The van der Waals surface area contributed by atoms with Crippen LogP contribution < -0.4 is 0 Å². The van der Waals surface area contributed by atoms with Gasteiger partial charge >= 0.3 is 0 Å². The summed E-state index contributed by atoms with van der Waals surface area (Å²) in [6.07, 6.45) is 12.6. The van der Waals surface area contributed by atoms with E-state index < -0.39 is 5.60 Å². The maximum atomic E-state index is 9.76. The van der Waals surface area contributed by atoms with Crippen LogP contribution in [-0.2, 0) is 0 Å². The Kier molecular flexibility index (Phi) is 3.65. The van der Waals surface area contributed by atoms with Gasteiger partial charge in [0.1, 0.15) is 5.60 Å². The molecule has 1 rings (SSSR count). The number of rotatable bonds is 2. The molecular formula is C15H22O. The molecule has 0 bridgehead atoms. The molecule has 1 atom stereocenters. The van der Waals surface area contributed by atoms with Gasteiger partial charge < -0.3 is 5.11 Å². The number of terminal acetylenes is 1. The van der Waals surface area contributed by atoms with Gasteiger partial charge in [0.2, 0.25) is 0 Å². The third kappa shape index (κ3) is 3.00. The normalized spacial score (nSPS) is 24.2. The maximum absolute atomic E-state index is 9.76. The highest BCUT2D eigenvalue weighted by atomic mass is 16.3. The van der Waals surface area contributed by atoms with Crippen molar-refractivity contribution >= 4 is 0 Å². The average Bonchev–Trinajstić information content (AvgIpc) is 2.16. The Morgan fingerprint density at radius 1 is 1.50 bits per heavy atom. The van der Waals surface area contributed by atoms with Gasteiger partial charge in [-0.2, -0.15) is 0 Å². The molecule has 88 valence electrons. The molecule has 1 nitrogen and oxygen atoms in total. The summed E-state index contributed by atoms with van der Waals surface area (Å²) in [6.45, 7) is 8.31. The van der Waals surface area contributed by atoms with Crippen molar-refractivity contribution in [2.75, 3.05) is 0 Å².